The molecule has 0 aromatic carbocycles. The lowest BCUT2D eigenvalue weighted by molar-refractivity contribution is 0.249. The van der Waals surface area contributed by atoms with E-state index in [1.165, 1.54) is 25.9 Å². The van der Waals surface area contributed by atoms with Crippen LogP contribution >= 0.6 is 11.6 Å². The zero-order valence-corrected chi connectivity index (χ0v) is 13.3. The summed E-state index contributed by atoms with van der Waals surface area (Å²) in [5.41, 5.74) is 0.790. The summed E-state index contributed by atoms with van der Waals surface area (Å²) < 4.78 is 1.73. The third-order valence-corrected chi connectivity index (χ3v) is 4.29. The molecule has 0 N–H and O–H groups in total. The summed E-state index contributed by atoms with van der Waals surface area (Å²) in [6, 6.07) is 0. The Kier molecular flexibility index (Phi) is 4.37. The molecule has 0 amide bonds. The lowest BCUT2D eigenvalue weighted by Crippen LogP contribution is -2.31. The SMILES string of the molecule is CN(CCN1CCCC1)Cc1nc(Cl)c2cnn(C)c2n1. The van der Waals surface area contributed by atoms with E-state index in [1.54, 1.807) is 10.9 Å². The second-order valence-electron chi connectivity index (χ2n) is 5.72. The van der Waals surface area contributed by atoms with E-state index in [2.05, 4.69) is 31.9 Å². The zero-order valence-electron chi connectivity index (χ0n) is 12.6. The van der Waals surface area contributed by atoms with Gasteiger partial charge in [-0.1, -0.05) is 11.6 Å². The third-order valence-electron chi connectivity index (χ3n) is 4.00. The minimum atomic E-state index is 0.482. The van der Waals surface area contributed by atoms with Crippen LogP contribution in [0.3, 0.4) is 0 Å². The Hall–Kier alpha value is -1.24. The van der Waals surface area contributed by atoms with E-state index in [1.807, 2.05) is 7.05 Å². The van der Waals surface area contributed by atoms with E-state index in [-0.39, 0.29) is 0 Å². The Morgan fingerprint density at radius 2 is 2.05 bits per heavy atom. The number of likely N-dealkylation sites (tertiary alicyclic amines) is 1. The molecule has 0 saturated carbocycles. The summed E-state index contributed by atoms with van der Waals surface area (Å²) in [5, 5.41) is 5.47. The van der Waals surface area contributed by atoms with Gasteiger partial charge in [0.05, 0.1) is 18.1 Å². The molecule has 7 heteroatoms. The van der Waals surface area contributed by atoms with E-state index >= 15 is 0 Å². The molecule has 0 bridgehead atoms. The maximum atomic E-state index is 6.21. The minimum Gasteiger partial charge on any atom is -0.302 e. The van der Waals surface area contributed by atoms with Crippen molar-refractivity contribution >= 4 is 22.6 Å². The Bertz CT molecular complexity index is 619. The number of fused-ring (bicyclic) bond motifs is 1. The highest BCUT2D eigenvalue weighted by atomic mass is 35.5. The molecule has 3 rings (SSSR count). The highest BCUT2D eigenvalue weighted by Crippen LogP contribution is 2.19. The van der Waals surface area contributed by atoms with Crippen LogP contribution in [0.25, 0.3) is 11.0 Å². The molecule has 6 nitrogen and oxygen atoms in total. The molecule has 2 aromatic rings. The van der Waals surface area contributed by atoms with Gasteiger partial charge in [0.2, 0.25) is 0 Å². The smallest absolute Gasteiger partial charge is 0.162 e. The van der Waals surface area contributed by atoms with Crippen LogP contribution in [0, 0.1) is 0 Å². The van der Waals surface area contributed by atoms with Crippen LogP contribution in [0.1, 0.15) is 18.7 Å². The van der Waals surface area contributed by atoms with Crippen molar-refractivity contribution in [3.05, 3.63) is 17.2 Å². The Morgan fingerprint density at radius 1 is 1.29 bits per heavy atom. The first-order chi connectivity index (χ1) is 10.1. The van der Waals surface area contributed by atoms with Crippen molar-refractivity contribution in [2.75, 3.05) is 33.2 Å². The number of likely N-dealkylation sites (N-methyl/N-ethyl adjacent to an activating group) is 1. The van der Waals surface area contributed by atoms with Crippen LogP contribution in [0.2, 0.25) is 5.15 Å². The topological polar surface area (TPSA) is 50.1 Å². The molecule has 0 unspecified atom stereocenters. The van der Waals surface area contributed by atoms with Gasteiger partial charge in [0, 0.05) is 20.1 Å². The van der Waals surface area contributed by atoms with Gasteiger partial charge in [-0.2, -0.15) is 5.10 Å². The molecular formula is C14H21ClN6. The quantitative estimate of drug-likeness (QED) is 0.784. The first-order valence-electron chi connectivity index (χ1n) is 7.38. The summed E-state index contributed by atoms with van der Waals surface area (Å²) in [7, 11) is 3.97. The second-order valence-corrected chi connectivity index (χ2v) is 6.08. The molecule has 21 heavy (non-hydrogen) atoms. The van der Waals surface area contributed by atoms with Crippen molar-refractivity contribution in [3.63, 3.8) is 0 Å². The summed E-state index contributed by atoms with van der Waals surface area (Å²) in [4.78, 5) is 13.7. The average Bonchev–Trinajstić information content (AvgIpc) is 3.07. The first-order valence-corrected chi connectivity index (χ1v) is 7.76. The van der Waals surface area contributed by atoms with Gasteiger partial charge in [-0.15, -0.1) is 0 Å². The van der Waals surface area contributed by atoms with E-state index < -0.39 is 0 Å². The highest BCUT2D eigenvalue weighted by molar-refractivity contribution is 6.33. The van der Waals surface area contributed by atoms with Crippen molar-refractivity contribution in [2.24, 2.45) is 7.05 Å². The summed E-state index contributed by atoms with van der Waals surface area (Å²) in [5.74, 6) is 0.750. The standard InChI is InChI=1S/C14H21ClN6/c1-19(7-8-21-5-3-4-6-21)10-12-17-13(15)11-9-16-20(2)14(11)18-12/h9H,3-8,10H2,1-2H3. The van der Waals surface area contributed by atoms with Gasteiger partial charge in [0.1, 0.15) is 11.0 Å². The summed E-state index contributed by atoms with van der Waals surface area (Å²) in [6.07, 6.45) is 4.37. The Balaban J connectivity index is 1.64. The lowest BCUT2D eigenvalue weighted by atomic mass is 10.4. The third kappa shape index (κ3) is 3.33. The fraction of sp³-hybridized carbons (Fsp3) is 0.643. The molecule has 1 saturated heterocycles. The van der Waals surface area contributed by atoms with Gasteiger partial charge in [-0.3, -0.25) is 9.58 Å². The number of aryl methyl sites for hydroxylation is 1. The molecule has 1 fully saturated rings. The van der Waals surface area contributed by atoms with E-state index in [0.717, 1.165) is 29.9 Å². The van der Waals surface area contributed by atoms with Gasteiger partial charge >= 0.3 is 0 Å². The first kappa shape index (κ1) is 14.7. The van der Waals surface area contributed by atoms with E-state index in [0.29, 0.717) is 11.7 Å². The molecule has 1 aliphatic heterocycles. The fourth-order valence-corrected chi connectivity index (χ4v) is 2.97. The van der Waals surface area contributed by atoms with Crippen molar-refractivity contribution in [2.45, 2.75) is 19.4 Å². The van der Waals surface area contributed by atoms with Crippen molar-refractivity contribution in [1.82, 2.24) is 29.5 Å². The zero-order chi connectivity index (χ0) is 14.8. The number of nitrogens with zero attached hydrogens (tertiary/aromatic N) is 6. The second kappa shape index (κ2) is 6.25. The van der Waals surface area contributed by atoms with Crippen LogP contribution in [0.4, 0.5) is 0 Å². The van der Waals surface area contributed by atoms with Crippen LogP contribution in [0.5, 0.6) is 0 Å². The van der Waals surface area contributed by atoms with Gasteiger partial charge in [0.25, 0.3) is 0 Å². The number of rotatable bonds is 5. The molecule has 0 atom stereocenters. The largest absolute Gasteiger partial charge is 0.302 e. The number of hydrogen-bond acceptors (Lipinski definition) is 5. The number of hydrogen-bond donors (Lipinski definition) is 0. The maximum absolute atomic E-state index is 6.21. The lowest BCUT2D eigenvalue weighted by Gasteiger charge is -2.20. The summed E-state index contributed by atoms with van der Waals surface area (Å²) in [6.45, 7) is 5.30. The van der Waals surface area contributed by atoms with Crippen LogP contribution < -0.4 is 0 Å². The molecule has 0 spiro atoms. The van der Waals surface area contributed by atoms with Gasteiger partial charge in [-0.05, 0) is 33.0 Å². The predicted octanol–water partition coefficient (Wildman–Crippen LogP) is 1.54. The molecule has 114 valence electrons. The molecule has 3 heterocycles. The number of aromatic nitrogens is 4. The van der Waals surface area contributed by atoms with Crippen molar-refractivity contribution in [3.8, 4) is 0 Å². The Morgan fingerprint density at radius 3 is 2.81 bits per heavy atom. The average molecular weight is 309 g/mol. The highest BCUT2D eigenvalue weighted by Gasteiger charge is 2.14. The van der Waals surface area contributed by atoms with Crippen LogP contribution in [-0.4, -0.2) is 62.8 Å². The van der Waals surface area contributed by atoms with Gasteiger partial charge < -0.3 is 4.90 Å². The van der Waals surface area contributed by atoms with E-state index in [9.17, 15) is 0 Å². The van der Waals surface area contributed by atoms with Crippen LogP contribution in [-0.2, 0) is 13.6 Å². The molecule has 0 aliphatic carbocycles. The predicted molar refractivity (Wildman–Crippen MR) is 83.3 cm³/mol. The normalized spacial score (nSPS) is 16.4. The monoisotopic (exact) mass is 308 g/mol. The van der Waals surface area contributed by atoms with Crippen molar-refractivity contribution in [1.29, 1.82) is 0 Å². The Labute approximate surface area is 129 Å². The molecule has 2 aromatic heterocycles. The summed E-state index contributed by atoms with van der Waals surface area (Å²) >= 11 is 6.21. The van der Waals surface area contributed by atoms with Crippen molar-refractivity contribution < 1.29 is 0 Å². The van der Waals surface area contributed by atoms with Gasteiger partial charge in [-0.25, -0.2) is 9.97 Å². The number of halogens is 1. The van der Waals surface area contributed by atoms with Crippen LogP contribution in [0.15, 0.2) is 6.20 Å². The van der Waals surface area contributed by atoms with Gasteiger partial charge in [0.15, 0.2) is 5.65 Å². The van der Waals surface area contributed by atoms with E-state index in [4.69, 9.17) is 11.6 Å². The molecule has 1 aliphatic rings. The molecular weight excluding hydrogens is 288 g/mol. The maximum Gasteiger partial charge on any atom is 0.162 e. The minimum absolute atomic E-state index is 0.482. The fourth-order valence-electron chi connectivity index (χ4n) is 2.74. The molecule has 0 radical (unpaired) electrons.